The van der Waals surface area contributed by atoms with Crippen molar-refractivity contribution in [2.24, 2.45) is 0 Å². The molecule has 1 aliphatic carbocycles. The molecule has 2 aliphatic rings. The highest BCUT2D eigenvalue weighted by Gasteiger charge is 2.49. The lowest BCUT2D eigenvalue weighted by Crippen LogP contribution is -2.61. The van der Waals surface area contributed by atoms with Crippen molar-refractivity contribution in [1.82, 2.24) is 5.32 Å². The van der Waals surface area contributed by atoms with Gasteiger partial charge in [-0.05, 0) is 24.1 Å². The fourth-order valence-corrected chi connectivity index (χ4v) is 3.34. The van der Waals surface area contributed by atoms with E-state index in [1.807, 2.05) is 0 Å². The van der Waals surface area contributed by atoms with E-state index in [0.29, 0.717) is 11.3 Å². The Bertz CT molecular complexity index is 752. The van der Waals surface area contributed by atoms with Crippen molar-refractivity contribution in [1.29, 1.82) is 0 Å². The van der Waals surface area contributed by atoms with Crippen molar-refractivity contribution in [3.63, 3.8) is 0 Å². The highest BCUT2D eigenvalue weighted by atomic mass is 16.7. The van der Waals surface area contributed by atoms with Crippen LogP contribution in [-0.2, 0) is 16.0 Å². The molecule has 148 valence electrons. The van der Waals surface area contributed by atoms with Gasteiger partial charge in [0.15, 0.2) is 17.1 Å². The number of fused-ring (bicyclic) bond motifs is 1. The van der Waals surface area contributed by atoms with Crippen molar-refractivity contribution in [2.45, 2.75) is 49.5 Å². The van der Waals surface area contributed by atoms with Gasteiger partial charge in [0.25, 0.3) is 0 Å². The number of benzene rings is 1. The zero-order chi connectivity index (χ0) is 19.8. The maximum absolute atomic E-state index is 12.2. The van der Waals surface area contributed by atoms with Gasteiger partial charge < -0.3 is 40.3 Å². The average Bonchev–Trinajstić information content (AvgIpc) is 3.06. The Balaban J connectivity index is 1.60. The van der Waals surface area contributed by atoms with Crippen LogP contribution in [0.5, 0.6) is 17.2 Å². The number of carbonyl (C=O) groups is 2. The molecule has 27 heavy (non-hydrogen) atoms. The zero-order valence-electron chi connectivity index (χ0n) is 14.3. The summed E-state index contributed by atoms with van der Waals surface area (Å²) in [6.07, 6.45) is -3.59. The Morgan fingerprint density at radius 3 is 2.67 bits per heavy atom. The number of aliphatic hydroxyl groups is 3. The number of carboxylic acid groups (broad SMARTS) is 1. The number of hydrogen-bond acceptors (Lipinski definition) is 8. The van der Waals surface area contributed by atoms with Gasteiger partial charge in [0.05, 0.1) is 12.1 Å². The molecule has 4 atom stereocenters. The zero-order valence-corrected chi connectivity index (χ0v) is 14.3. The second-order valence-corrected chi connectivity index (χ2v) is 6.83. The van der Waals surface area contributed by atoms with E-state index in [1.54, 1.807) is 6.07 Å². The molecule has 1 saturated carbocycles. The average molecular weight is 383 g/mol. The molecule has 0 bridgehead atoms. The van der Waals surface area contributed by atoms with Crippen LogP contribution < -0.4 is 14.8 Å². The minimum absolute atomic E-state index is 0.00121. The summed E-state index contributed by atoms with van der Waals surface area (Å²) in [5, 5.41) is 51.3. The van der Waals surface area contributed by atoms with Gasteiger partial charge in [-0.1, -0.05) is 0 Å². The molecule has 0 radical (unpaired) electrons. The first-order valence-electron chi connectivity index (χ1n) is 8.42. The van der Waals surface area contributed by atoms with Gasteiger partial charge in [0.2, 0.25) is 18.4 Å². The number of carbonyl (C=O) groups excluding carboxylic acids is 1. The van der Waals surface area contributed by atoms with Crippen molar-refractivity contribution in [3.05, 3.63) is 17.7 Å². The number of aliphatic carboxylic acids is 1. The van der Waals surface area contributed by atoms with E-state index in [4.69, 9.17) is 14.6 Å². The van der Waals surface area contributed by atoms with Gasteiger partial charge in [-0.3, -0.25) is 4.79 Å². The first-order valence-corrected chi connectivity index (χ1v) is 8.42. The highest BCUT2D eigenvalue weighted by molar-refractivity contribution is 5.79. The summed E-state index contributed by atoms with van der Waals surface area (Å²) in [6.45, 7) is 0.00121. The van der Waals surface area contributed by atoms with Gasteiger partial charge in [0, 0.05) is 19.3 Å². The molecule has 1 aromatic rings. The van der Waals surface area contributed by atoms with E-state index in [9.17, 15) is 30.0 Å². The third-order valence-electron chi connectivity index (χ3n) is 4.81. The fourth-order valence-electron chi connectivity index (χ4n) is 3.34. The van der Waals surface area contributed by atoms with Gasteiger partial charge in [-0.15, -0.1) is 0 Å². The number of nitrogens with one attached hydrogen (secondary N) is 1. The summed E-state index contributed by atoms with van der Waals surface area (Å²) in [5.74, 6) is -1.50. The van der Waals surface area contributed by atoms with Crippen LogP contribution in [0.1, 0.15) is 24.8 Å². The summed E-state index contributed by atoms with van der Waals surface area (Å²) < 4.78 is 10.3. The van der Waals surface area contributed by atoms with Crippen molar-refractivity contribution >= 4 is 11.9 Å². The van der Waals surface area contributed by atoms with Crippen LogP contribution in [-0.4, -0.2) is 68.1 Å². The van der Waals surface area contributed by atoms with Crippen molar-refractivity contribution in [2.75, 3.05) is 6.79 Å². The molecule has 1 fully saturated rings. The highest BCUT2D eigenvalue weighted by Crippen LogP contribution is 2.41. The second kappa shape index (κ2) is 7.22. The van der Waals surface area contributed by atoms with E-state index >= 15 is 0 Å². The van der Waals surface area contributed by atoms with Crippen molar-refractivity contribution in [3.8, 4) is 17.2 Å². The van der Waals surface area contributed by atoms with E-state index in [1.165, 1.54) is 6.07 Å². The van der Waals surface area contributed by atoms with Crippen LogP contribution in [0.3, 0.4) is 0 Å². The first kappa shape index (κ1) is 19.2. The third kappa shape index (κ3) is 3.92. The predicted octanol–water partition coefficient (Wildman–Crippen LogP) is -1.13. The minimum atomic E-state index is -2.22. The van der Waals surface area contributed by atoms with Gasteiger partial charge in [0.1, 0.15) is 6.10 Å². The van der Waals surface area contributed by atoms with Crippen molar-refractivity contribution < 1.29 is 44.6 Å². The molecule has 10 heteroatoms. The Labute approximate surface area is 154 Å². The first-order chi connectivity index (χ1) is 12.7. The van der Waals surface area contributed by atoms with Gasteiger partial charge >= 0.3 is 5.97 Å². The maximum Gasteiger partial charge on any atom is 0.335 e. The normalized spacial score (nSPS) is 29.4. The molecule has 1 aliphatic heterocycles. The van der Waals surface area contributed by atoms with Crippen LogP contribution in [0.2, 0.25) is 0 Å². The maximum atomic E-state index is 12.2. The Hall–Kier alpha value is -2.56. The fraction of sp³-hybridized carbons (Fsp3) is 0.529. The number of phenols is 1. The summed E-state index contributed by atoms with van der Waals surface area (Å²) in [5.41, 5.74) is -1.60. The van der Waals surface area contributed by atoms with E-state index in [0.717, 1.165) is 0 Å². The smallest absolute Gasteiger partial charge is 0.335 e. The number of phenolic OH excluding ortho intramolecular Hbond substituents is 1. The number of aliphatic hydroxyl groups excluding tert-OH is 2. The van der Waals surface area contributed by atoms with E-state index in [-0.39, 0.29) is 31.1 Å². The van der Waals surface area contributed by atoms with Crippen LogP contribution in [0.25, 0.3) is 0 Å². The quantitative estimate of drug-likeness (QED) is 0.369. The summed E-state index contributed by atoms with van der Waals surface area (Å²) in [7, 11) is 0. The largest absolute Gasteiger partial charge is 0.504 e. The lowest BCUT2D eigenvalue weighted by molar-refractivity contribution is -0.175. The molecule has 1 heterocycles. The number of ether oxygens (including phenoxy) is 2. The molecule has 1 aromatic carbocycles. The van der Waals surface area contributed by atoms with Crippen LogP contribution >= 0.6 is 0 Å². The lowest BCUT2D eigenvalue weighted by Gasteiger charge is -2.40. The molecular formula is C17H21NO9. The van der Waals surface area contributed by atoms with E-state index in [2.05, 4.69) is 5.32 Å². The predicted molar refractivity (Wildman–Crippen MR) is 88.3 cm³/mol. The molecule has 3 rings (SSSR count). The Kier molecular flexibility index (Phi) is 5.13. The molecule has 10 nitrogen and oxygen atoms in total. The van der Waals surface area contributed by atoms with Gasteiger partial charge in [-0.25, -0.2) is 4.79 Å². The number of aromatic hydroxyl groups is 1. The molecule has 1 amide bonds. The third-order valence-corrected chi connectivity index (χ3v) is 4.81. The van der Waals surface area contributed by atoms with E-state index < -0.39 is 48.6 Å². The Morgan fingerprint density at radius 2 is 1.96 bits per heavy atom. The molecular weight excluding hydrogens is 362 g/mol. The number of amides is 1. The molecule has 6 N–H and O–H groups in total. The summed E-state index contributed by atoms with van der Waals surface area (Å²) in [6, 6.07) is 1.98. The van der Waals surface area contributed by atoms with Crippen LogP contribution in [0, 0.1) is 0 Å². The van der Waals surface area contributed by atoms with Crippen LogP contribution in [0.15, 0.2) is 12.1 Å². The number of rotatable bonds is 5. The summed E-state index contributed by atoms with van der Waals surface area (Å²) >= 11 is 0. The number of hydrogen-bond donors (Lipinski definition) is 6. The summed E-state index contributed by atoms with van der Waals surface area (Å²) in [4.78, 5) is 23.4. The SMILES string of the molecule is O=C(CCc1cc(O)c2c(c1)OCO2)N[C@@H]1C[C@](O)(C(=O)O)C[C@@H](O)[C@H]1O. The standard InChI is InChI=1S/C17H21NO9/c19-10-3-8(4-12-15(10)27-7-26-12)1-2-13(21)18-9-5-17(25,16(23)24)6-11(20)14(9)22/h3-4,9,11,14,19-20,22,25H,1-2,5-7H2,(H,18,21)(H,23,24)/t9-,11-,14+,17-/m1/s1. The van der Waals surface area contributed by atoms with Gasteiger partial charge in [-0.2, -0.15) is 0 Å². The molecule has 0 spiro atoms. The monoisotopic (exact) mass is 383 g/mol. The minimum Gasteiger partial charge on any atom is -0.504 e. The molecule has 0 saturated heterocycles. The number of aryl methyl sites for hydroxylation is 1. The topological polar surface area (TPSA) is 166 Å². The second-order valence-electron chi connectivity index (χ2n) is 6.83. The molecule has 0 aromatic heterocycles. The molecule has 0 unspecified atom stereocenters. The number of carboxylic acids is 1. The van der Waals surface area contributed by atoms with Crippen LogP contribution in [0.4, 0.5) is 0 Å². The lowest BCUT2D eigenvalue weighted by atomic mass is 9.78. The Morgan fingerprint density at radius 1 is 1.22 bits per heavy atom.